The first-order valence-electron chi connectivity index (χ1n) is 7.91. The van der Waals surface area contributed by atoms with Gasteiger partial charge in [-0.3, -0.25) is 9.89 Å². The number of carbonyl (C=O) groups excluding carboxylic acids is 1. The molecule has 0 unspecified atom stereocenters. The molecule has 0 aliphatic heterocycles. The van der Waals surface area contributed by atoms with Crippen molar-refractivity contribution < 1.29 is 4.79 Å². The van der Waals surface area contributed by atoms with E-state index in [1.165, 1.54) is 30.2 Å². The Bertz CT molecular complexity index is 745. The number of carbonyl (C=O) groups is 1. The SMILES string of the molecule is C=CC(=O)Nc1ccc(N(C)C)cc1-c1n[nH]c2c1CCCC2. The van der Waals surface area contributed by atoms with E-state index in [9.17, 15) is 4.79 Å². The second-order valence-corrected chi connectivity index (χ2v) is 6.05. The zero-order chi connectivity index (χ0) is 16.4. The Kier molecular flexibility index (Phi) is 4.19. The lowest BCUT2D eigenvalue weighted by molar-refractivity contribution is -0.111. The Morgan fingerprint density at radius 1 is 1.35 bits per heavy atom. The Hall–Kier alpha value is -2.56. The van der Waals surface area contributed by atoms with Crippen molar-refractivity contribution in [3.05, 3.63) is 42.1 Å². The molecule has 0 saturated heterocycles. The predicted octanol–water partition coefficient (Wildman–Crippen LogP) is 3.15. The summed E-state index contributed by atoms with van der Waals surface area (Å²) in [5.74, 6) is -0.215. The van der Waals surface area contributed by atoms with Gasteiger partial charge in [-0.05, 0) is 50.0 Å². The van der Waals surface area contributed by atoms with E-state index < -0.39 is 0 Å². The lowest BCUT2D eigenvalue weighted by atomic mass is 9.93. The zero-order valence-corrected chi connectivity index (χ0v) is 13.6. The van der Waals surface area contributed by atoms with E-state index >= 15 is 0 Å². The first-order valence-corrected chi connectivity index (χ1v) is 7.91. The standard InChI is InChI=1S/C18H22N4O/c1-4-17(23)19-15-10-9-12(22(2)3)11-14(15)18-13-7-5-6-8-16(13)20-21-18/h4,9-11H,1,5-8H2,2-3H3,(H,19,23)(H,20,21). The number of amides is 1. The number of fused-ring (bicyclic) bond motifs is 1. The number of hydrogen-bond acceptors (Lipinski definition) is 3. The fraction of sp³-hybridized carbons (Fsp3) is 0.333. The molecular weight excluding hydrogens is 288 g/mol. The Labute approximate surface area is 136 Å². The van der Waals surface area contributed by atoms with Gasteiger partial charge in [-0.25, -0.2) is 0 Å². The predicted molar refractivity (Wildman–Crippen MR) is 93.8 cm³/mol. The van der Waals surface area contributed by atoms with Gasteiger partial charge in [0.2, 0.25) is 5.91 Å². The molecule has 1 aromatic heterocycles. The third kappa shape index (κ3) is 2.99. The molecule has 1 amide bonds. The van der Waals surface area contributed by atoms with Crippen LogP contribution in [0.2, 0.25) is 0 Å². The topological polar surface area (TPSA) is 61.0 Å². The van der Waals surface area contributed by atoms with Crippen LogP contribution in [0.5, 0.6) is 0 Å². The molecule has 1 aromatic carbocycles. The number of nitrogens with one attached hydrogen (secondary N) is 2. The van der Waals surface area contributed by atoms with Gasteiger partial charge in [0, 0.05) is 36.6 Å². The molecule has 0 bridgehead atoms. The molecule has 0 spiro atoms. The number of anilines is 2. The second-order valence-electron chi connectivity index (χ2n) is 6.05. The van der Waals surface area contributed by atoms with Crippen LogP contribution < -0.4 is 10.2 Å². The summed E-state index contributed by atoms with van der Waals surface area (Å²) in [6, 6.07) is 5.99. The van der Waals surface area contributed by atoms with Crippen molar-refractivity contribution in [1.29, 1.82) is 0 Å². The number of aromatic amines is 1. The molecule has 0 saturated carbocycles. The molecule has 1 aliphatic rings. The summed E-state index contributed by atoms with van der Waals surface area (Å²) >= 11 is 0. The lowest BCUT2D eigenvalue weighted by Gasteiger charge is -2.18. The van der Waals surface area contributed by atoms with Crippen LogP contribution in [-0.4, -0.2) is 30.2 Å². The summed E-state index contributed by atoms with van der Waals surface area (Å²) < 4.78 is 0. The molecule has 0 atom stereocenters. The van der Waals surface area contributed by atoms with E-state index in [4.69, 9.17) is 0 Å². The van der Waals surface area contributed by atoms with Crippen molar-refractivity contribution in [2.75, 3.05) is 24.3 Å². The van der Waals surface area contributed by atoms with E-state index in [0.29, 0.717) is 0 Å². The molecule has 3 rings (SSSR count). The number of H-pyrrole nitrogens is 1. The highest BCUT2D eigenvalue weighted by molar-refractivity contribution is 6.02. The van der Waals surface area contributed by atoms with Crippen LogP contribution in [0.1, 0.15) is 24.1 Å². The van der Waals surface area contributed by atoms with Gasteiger partial charge >= 0.3 is 0 Å². The van der Waals surface area contributed by atoms with Gasteiger partial charge < -0.3 is 10.2 Å². The molecule has 1 heterocycles. The molecular formula is C18H22N4O. The fourth-order valence-electron chi connectivity index (χ4n) is 3.00. The maximum atomic E-state index is 11.7. The highest BCUT2D eigenvalue weighted by Crippen LogP contribution is 2.36. The molecule has 0 fully saturated rings. The van der Waals surface area contributed by atoms with Crippen LogP contribution in [0.3, 0.4) is 0 Å². The van der Waals surface area contributed by atoms with Crippen LogP contribution in [0, 0.1) is 0 Å². The molecule has 0 radical (unpaired) electrons. The Balaban J connectivity index is 2.11. The molecule has 5 heteroatoms. The van der Waals surface area contributed by atoms with Gasteiger partial charge in [0.25, 0.3) is 0 Å². The molecule has 5 nitrogen and oxygen atoms in total. The summed E-state index contributed by atoms with van der Waals surface area (Å²) in [5.41, 5.74) is 6.24. The molecule has 1 aliphatic carbocycles. The summed E-state index contributed by atoms with van der Waals surface area (Å²) in [7, 11) is 4.00. The quantitative estimate of drug-likeness (QED) is 0.853. The summed E-state index contributed by atoms with van der Waals surface area (Å²) in [4.78, 5) is 13.8. The first kappa shape index (κ1) is 15.3. The Morgan fingerprint density at radius 2 is 2.13 bits per heavy atom. The van der Waals surface area contributed by atoms with Gasteiger partial charge in [-0.15, -0.1) is 0 Å². The van der Waals surface area contributed by atoms with Crippen molar-refractivity contribution >= 4 is 17.3 Å². The van der Waals surface area contributed by atoms with Gasteiger partial charge in [-0.1, -0.05) is 6.58 Å². The zero-order valence-electron chi connectivity index (χ0n) is 13.6. The number of aryl methyl sites for hydroxylation is 1. The van der Waals surface area contributed by atoms with E-state index in [0.717, 1.165) is 35.5 Å². The number of aromatic nitrogens is 2. The molecule has 120 valence electrons. The van der Waals surface area contributed by atoms with Gasteiger partial charge in [0.15, 0.2) is 0 Å². The summed E-state index contributed by atoms with van der Waals surface area (Å²) in [6.45, 7) is 3.52. The molecule has 2 aromatic rings. The minimum absolute atomic E-state index is 0.215. The minimum Gasteiger partial charge on any atom is -0.378 e. The minimum atomic E-state index is -0.215. The number of hydrogen-bond donors (Lipinski definition) is 2. The van der Waals surface area contributed by atoms with Gasteiger partial charge in [0.05, 0.1) is 11.4 Å². The normalized spacial score (nSPS) is 13.3. The maximum Gasteiger partial charge on any atom is 0.247 e. The average Bonchev–Trinajstić information content (AvgIpc) is 2.98. The number of rotatable bonds is 4. The van der Waals surface area contributed by atoms with Crippen molar-refractivity contribution in [2.24, 2.45) is 0 Å². The fourth-order valence-corrected chi connectivity index (χ4v) is 3.00. The lowest BCUT2D eigenvalue weighted by Crippen LogP contribution is -2.12. The van der Waals surface area contributed by atoms with E-state index in [1.807, 2.05) is 31.1 Å². The average molecular weight is 310 g/mol. The molecule has 23 heavy (non-hydrogen) atoms. The third-order valence-electron chi connectivity index (χ3n) is 4.27. The van der Waals surface area contributed by atoms with E-state index in [2.05, 4.69) is 28.2 Å². The monoisotopic (exact) mass is 310 g/mol. The highest BCUT2D eigenvalue weighted by Gasteiger charge is 2.20. The van der Waals surface area contributed by atoms with Crippen LogP contribution in [0.4, 0.5) is 11.4 Å². The van der Waals surface area contributed by atoms with Gasteiger partial charge in [-0.2, -0.15) is 5.10 Å². The smallest absolute Gasteiger partial charge is 0.247 e. The summed E-state index contributed by atoms with van der Waals surface area (Å²) in [5, 5.41) is 10.6. The highest BCUT2D eigenvalue weighted by atomic mass is 16.1. The molecule has 2 N–H and O–H groups in total. The maximum absolute atomic E-state index is 11.7. The van der Waals surface area contributed by atoms with Crippen LogP contribution in [0.15, 0.2) is 30.9 Å². The van der Waals surface area contributed by atoms with E-state index in [1.54, 1.807) is 0 Å². The van der Waals surface area contributed by atoms with Crippen LogP contribution >= 0.6 is 0 Å². The van der Waals surface area contributed by atoms with Crippen LogP contribution in [0.25, 0.3) is 11.3 Å². The second kappa shape index (κ2) is 6.28. The number of benzene rings is 1. The third-order valence-corrected chi connectivity index (χ3v) is 4.27. The van der Waals surface area contributed by atoms with Crippen molar-refractivity contribution in [3.63, 3.8) is 0 Å². The van der Waals surface area contributed by atoms with Gasteiger partial charge in [0.1, 0.15) is 0 Å². The van der Waals surface area contributed by atoms with Crippen molar-refractivity contribution in [3.8, 4) is 11.3 Å². The summed E-state index contributed by atoms with van der Waals surface area (Å²) in [6.07, 6.45) is 5.74. The van der Waals surface area contributed by atoms with Crippen molar-refractivity contribution in [2.45, 2.75) is 25.7 Å². The van der Waals surface area contributed by atoms with Crippen molar-refractivity contribution in [1.82, 2.24) is 10.2 Å². The van der Waals surface area contributed by atoms with Crippen LogP contribution in [-0.2, 0) is 17.6 Å². The first-order chi connectivity index (χ1) is 11.1. The Morgan fingerprint density at radius 3 is 2.87 bits per heavy atom. The number of nitrogens with zero attached hydrogens (tertiary/aromatic N) is 2. The van der Waals surface area contributed by atoms with E-state index in [-0.39, 0.29) is 5.91 Å². The largest absolute Gasteiger partial charge is 0.378 e.